The number of unbranched alkanes of at least 4 members (excludes halogenated alkanes) is 2. The van der Waals surface area contributed by atoms with Crippen LogP contribution < -0.4 is 0 Å². The number of esters is 1. The fourth-order valence-corrected chi connectivity index (χ4v) is 5.54. The molecular weight excluding hydrogens is 524 g/mol. The molecule has 2 aliphatic heterocycles. The molecule has 1 N–H and O–H groups in total. The quantitative estimate of drug-likeness (QED) is 0.0884. The topological polar surface area (TPSA) is 101 Å². The number of hydrogen-bond acceptors (Lipinski definition) is 7. The lowest BCUT2D eigenvalue weighted by molar-refractivity contribution is -0.177. The molecule has 8 heteroatoms. The zero-order chi connectivity index (χ0) is 30.4. The first-order chi connectivity index (χ1) is 19.4. The number of rotatable bonds is 20. The molecule has 0 spiro atoms. The first-order valence-corrected chi connectivity index (χ1v) is 16.3. The van der Waals surface area contributed by atoms with Crippen molar-refractivity contribution in [2.24, 2.45) is 16.2 Å². The third-order valence-electron chi connectivity index (χ3n) is 8.69. The van der Waals surface area contributed by atoms with Gasteiger partial charge in [0.2, 0.25) is 0 Å². The Hall–Kier alpha value is -1.22. The minimum absolute atomic E-state index is 0.0553. The van der Waals surface area contributed by atoms with Crippen LogP contribution in [0.3, 0.4) is 0 Å². The Kier molecular flexibility index (Phi) is 15.6. The maximum atomic E-state index is 13.3. The highest BCUT2D eigenvalue weighted by Crippen LogP contribution is 2.37. The number of carbonyl (C=O) groups excluding carboxylic acids is 1. The van der Waals surface area contributed by atoms with Gasteiger partial charge < -0.3 is 28.8 Å². The predicted octanol–water partition coefficient (Wildman–Crippen LogP) is 7.66. The van der Waals surface area contributed by atoms with Crippen molar-refractivity contribution in [1.29, 1.82) is 0 Å². The summed E-state index contributed by atoms with van der Waals surface area (Å²) >= 11 is 0. The van der Waals surface area contributed by atoms with E-state index in [1.807, 2.05) is 13.8 Å². The highest BCUT2D eigenvalue weighted by molar-refractivity contribution is 5.99. The van der Waals surface area contributed by atoms with Gasteiger partial charge in [0.25, 0.3) is 0 Å². The summed E-state index contributed by atoms with van der Waals surface area (Å²) in [4.78, 5) is 26.0. The van der Waals surface area contributed by atoms with E-state index < -0.39 is 17.4 Å². The van der Waals surface area contributed by atoms with Crippen LogP contribution >= 0.6 is 0 Å². The predicted molar refractivity (Wildman–Crippen MR) is 159 cm³/mol. The van der Waals surface area contributed by atoms with Crippen LogP contribution in [-0.2, 0) is 33.3 Å². The van der Waals surface area contributed by atoms with Crippen LogP contribution in [0.1, 0.15) is 138 Å². The molecule has 0 saturated carbocycles. The number of carboxylic acid groups (broad SMARTS) is 1. The second kappa shape index (κ2) is 17.8. The Balaban J connectivity index is 1.89. The summed E-state index contributed by atoms with van der Waals surface area (Å²) in [6.45, 7) is 15.2. The molecule has 2 heterocycles. The number of hydrogen-bond donors (Lipinski definition) is 1. The van der Waals surface area contributed by atoms with Crippen molar-refractivity contribution in [2.75, 3.05) is 26.4 Å². The van der Waals surface area contributed by atoms with Crippen molar-refractivity contribution in [1.82, 2.24) is 0 Å². The van der Waals surface area contributed by atoms with Gasteiger partial charge in [0.05, 0.1) is 19.3 Å². The van der Waals surface area contributed by atoms with Crippen LogP contribution in [0.2, 0.25) is 0 Å². The normalized spacial score (nSPS) is 22.6. The summed E-state index contributed by atoms with van der Waals surface area (Å²) in [6, 6.07) is 0. The van der Waals surface area contributed by atoms with Crippen LogP contribution in [0.15, 0.2) is 0 Å². The average molecular weight is 585 g/mol. The van der Waals surface area contributed by atoms with Gasteiger partial charge in [-0.15, -0.1) is 0 Å². The molecule has 0 aromatic carbocycles. The van der Waals surface area contributed by atoms with Crippen molar-refractivity contribution in [3.8, 4) is 0 Å². The van der Waals surface area contributed by atoms with E-state index in [1.54, 1.807) is 0 Å². The lowest BCUT2D eigenvalue weighted by Crippen LogP contribution is -2.42. The molecule has 3 unspecified atom stereocenters. The summed E-state index contributed by atoms with van der Waals surface area (Å²) in [5, 5.41) is 10.4. The average Bonchev–Trinajstić information content (AvgIpc) is 2.95. The highest BCUT2D eigenvalue weighted by atomic mass is 16.7. The molecule has 41 heavy (non-hydrogen) atoms. The van der Waals surface area contributed by atoms with Gasteiger partial charge in [-0.1, -0.05) is 60.3 Å². The fraction of sp³-hybridized carbons (Fsp3) is 0.939. The van der Waals surface area contributed by atoms with E-state index in [1.165, 1.54) is 0 Å². The SMILES string of the molecule is CCC(C)OC(=O)C(CCCCC(C)(C)COC1CCCCO1)(CCCCC(C)(C)COC1CCCCO1)C(=O)O. The van der Waals surface area contributed by atoms with Gasteiger partial charge in [-0.2, -0.15) is 0 Å². The van der Waals surface area contributed by atoms with E-state index in [2.05, 4.69) is 27.7 Å². The molecule has 240 valence electrons. The highest BCUT2D eigenvalue weighted by Gasteiger charge is 2.47. The van der Waals surface area contributed by atoms with E-state index in [0.717, 1.165) is 77.4 Å². The van der Waals surface area contributed by atoms with E-state index in [-0.39, 0.29) is 42.4 Å². The van der Waals surface area contributed by atoms with Gasteiger partial charge in [0, 0.05) is 13.2 Å². The van der Waals surface area contributed by atoms with Crippen molar-refractivity contribution in [2.45, 2.75) is 157 Å². The number of aliphatic carboxylic acids is 1. The first kappa shape index (κ1) is 36.0. The van der Waals surface area contributed by atoms with E-state index in [9.17, 15) is 14.7 Å². The summed E-state index contributed by atoms with van der Waals surface area (Å²) in [5.41, 5.74) is -1.63. The van der Waals surface area contributed by atoms with Gasteiger partial charge in [-0.25, -0.2) is 0 Å². The van der Waals surface area contributed by atoms with Gasteiger partial charge >= 0.3 is 11.9 Å². The Morgan fingerprint density at radius 2 is 1.22 bits per heavy atom. The molecule has 0 aromatic heterocycles. The standard InChI is InChI=1S/C33H60O8/c1-7-26(2)41-30(36)33(29(34)35,20-12-10-18-31(3,4)24-39-27-16-8-14-22-37-27)21-13-11-19-32(5,6)25-40-28-17-9-15-23-38-28/h26-28H,7-25H2,1-6H3,(H,34,35). The molecule has 2 saturated heterocycles. The summed E-state index contributed by atoms with van der Waals surface area (Å²) in [7, 11) is 0. The second-order valence-corrected chi connectivity index (χ2v) is 14.0. The van der Waals surface area contributed by atoms with Crippen LogP contribution in [-0.4, -0.2) is 62.2 Å². The van der Waals surface area contributed by atoms with Crippen molar-refractivity contribution < 1.29 is 38.4 Å². The monoisotopic (exact) mass is 584 g/mol. The van der Waals surface area contributed by atoms with Crippen LogP contribution in [0.25, 0.3) is 0 Å². The zero-order valence-corrected chi connectivity index (χ0v) is 27.0. The lowest BCUT2D eigenvalue weighted by Gasteiger charge is -2.32. The Morgan fingerprint density at radius 1 is 0.780 bits per heavy atom. The third kappa shape index (κ3) is 13.3. The third-order valence-corrected chi connectivity index (χ3v) is 8.69. The minimum Gasteiger partial charge on any atom is -0.480 e. The van der Waals surface area contributed by atoms with E-state index >= 15 is 0 Å². The van der Waals surface area contributed by atoms with Gasteiger partial charge in [0.1, 0.15) is 0 Å². The lowest BCUT2D eigenvalue weighted by atomic mass is 9.76. The van der Waals surface area contributed by atoms with Crippen molar-refractivity contribution in [3.05, 3.63) is 0 Å². The molecule has 0 radical (unpaired) electrons. The van der Waals surface area contributed by atoms with Crippen LogP contribution in [0.5, 0.6) is 0 Å². The van der Waals surface area contributed by atoms with Crippen LogP contribution in [0.4, 0.5) is 0 Å². The molecule has 8 nitrogen and oxygen atoms in total. The summed E-state index contributed by atoms with van der Waals surface area (Å²) in [5.74, 6) is -1.66. The molecule has 3 atom stereocenters. The van der Waals surface area contributed by atoms with E-state index in [4.69, 9.17) is 23.7 Å². The molecule has 0 amide bonds. The second-order valence-electron chi connectivity index (χ2n) is 14.0. The fourth-order valence-electron chi connectivity index (χ4n) is 5.54. The summed E-state index contributed by atoms with van der Waals surface area (Å²) in [6.07, 6.45) is 11.7. The number of ether oxygens (including phenoxy) is 5. The molecule has 0 bridgehead atoms. The molecule has 0 aromatic rings. The van der Waals surface area contributed by atoms with Gasteiger partial charge in [-0.3, -0.25) is 9.59 Å². The largest absolute Gasteiger partial charge is 0.480 e. The molecular formula is C33H60O8. The minimum atomic E-state index is -1.52. The van der Waals surface area contributed by atoms with Crippen molar-refractivity contribution in [3.63, 3.8) is 0 Å². The number of carboxylic acids is 1. The zero-order valence-electron chi connectivity index (χ0n) is 27.0. The van der Waals surface area contributed by atoms with Gasteiger partial charge in [-0.05, 0) is 88.4 Å². The molecule has 2 aliphatic rings. The van der Waals surface area contributed by atoms with Gasteiger partial charge in [0.15, 0.2) is 18.0 Å². The Labute approximate surface area is 249 Å². The van der Waals surface area contributed by atoms with E-state index in [0.29, 0.717) is 32.5 Å². The van der Waals surface area contributed by atoms with Crippen molar-refractivity contribution >= 4 is 11.9 Å². The summed E-state index contributed by atoms with van der Waals surface area (Å²) < 4.78 is 29.1. The maximum Gasteiger partial charge on any atom is 0.323 e. The smallest absolute Gasteiger partial charge is 0.323 e. The molecule has 2 rings (SSSR count). The Morgan fingerprint density at radius 3 is 1.59 bits per heavy atom. The molecule has 0 aliphatic carbocycles. The molecule has 2 fully saturated rings. The first-order valence-electron chi connectivity index (χ1n) is 16.3. The van der Waals surface area contributed by atoms with Crippen LogP contribution in [0, 0.1) is 16.2 Å². The number of carbonyl (C=O) groups is 2. The maximum absolute atomic E-state index is 13.3. The Bertz CT molecular complexity index is 710.